The van der Waals surface area contributed by atoms with Crippen LogP contribution >= 0.6 is 0 Å². The molecular weight excluding hydrogens is 317 g/mol. The van der Waals surface area contributed by atoms with E-state index >= 15 is 0 Å². The topological polar surface area (TPSA) is 69.8 Å². The molecule has 2 aliphatic rings. The van der Waals surface area contributed by atoms with Crippen LogP contribution < -0.4 is 10.2 Å². The highest BCUT2D eigenvalue weighted by molar-refractivity contribution is 5.21. The number of ether oxygens (including phenoxy) is 4. The molecule has 3 heterocycles. The van der Waals surface area contributed by atoms with Crippen LogP contribution in [0.25, 0.3) is 0 Å². The average Bonchev–Trinajstić information content (AvgIpc) is 2.60. The summed E-state index contributed by atoms with van der Waals surface area (Å²) in [7, 11) is 0. The first-order valence-electron chi connectivity index (χ1n) is 8.53. The molecule has 1 unspecified atom stereocenters. The molecule has 0 spiro atoms. The fraction of sp³-hybridized carbons (Fsp3) is 0.706. The zero-order valence-corrected chi connectivity index (χ0v) is 13.7. The van der Waals surface area contributed by atoms with Crippen molar-refractivity contribution in [1.29, 1.82) is 0 Å². The van der Waals surface area contributed by atoms with Gasteiger partial charge >= 0.3 is 0 Å². The van der Waals surface area contributed by atoms with E-state index in [0.29, 0.717) is 19.8 Å². The molecule has 1 N–H and O–H groups in total. The van der Waals surface area contributed by atoms with Gasteiger partial charge in [-0.25, -0.2) is 4.39 Å². The number of H-pyrrole nitrogens is 1. The van der Waals surface area contributed by atoms with Gasteiger partial charge in [0.25, 0.3) is 0 Å². The Kier molecular flexibility index (Phi) is 5.86. The van der Waals surface area contributed by atoms with Crippen LogP contribution in [0.1, 0.15) is 37.8 Å². The van der Waals surface area contributed by atoms with Crippen LogP contribution in [-0.2, 0) is 19.9 Å². The molecule has 24 heavy (non-hydrogen) atoms. The summed E-state index contributed by atoms with van der Waals surface area (Å²) in [6, 6.07) is 2.62. The van der Waals surface area contributed by atoms with Crippen molar-refractivity contribution in [3.05, 3.63) is 28.0 Å². The standard InChI is InChI=1S/C17H24FNO5/c18-17(4-7-21-8-5-17)14-11-13(20)12-15(19-14)22-9-10-24-16-3-1-2-6-23-16/h11-12,16H,1-10H2,(H,19,20). The fourth-order valence-electron chi connectivity index (χ4n) is 2.98. The van der Waals surface area contributed by atoms with Gasteiger partial charge in [0.05, 0.1) is 25.5 Å². The van der Waals surface area contributed by atoms with Crippen LogP contribution in [0.15, 0.2) is 16.9 Å². The molecule has 0 amide bonds. The molecular formula is C17H24FNO5. The predicted molar refractivity (Wildman–Crippen MR) is 84.9 cm³/mol. The van der Waals surface area contributed by atoms with Gasteiger partial charge in [-0.15, -0.1) is 0 Å². The minimum absolute atomic E-state index is 0.177. The molecule has 0 saturated carbocycles. The maximum atomic E-state index is 14.9. The fourth-order valence-corrected chi connectivity index (χ4v) is 2.98. The zero-order valence-electron chi connectivity index (χ0n) is 13.7. The summed E-state index contributed by atoms with van der Waals surface area (Å²) >= 11 is 0. The molecule has 0 bridgehead atoms. The lowest BCUT2D eigenvalue weighted by molar-refractivity contribution is -0.165. The predicted octanol–water partition coefficient (Wildman–Crippen LogP) is 2.27. The lowest BCUT2D eigenvalue weighted by Crippen LogP contribution is -2.31. The van der Waals surface area contributed by atoms with Gasteiger partial charge in [0.1, 0.15) is 6.61 Å². The van der Waals surface area contributed by atoms with Crippen molar-refractivity contribution in [3.63, 3.8) is 0 Å². The number of hydrogen-bond acceptors (Lipinski definition) is 5. The number of rotatable bonds is 6. The zero-order chi connectivity index (χ0) is 16.8. The second-order valence-electron chi connectivity index (χ2n) is 6.19. The Morgan fingerprint density at radius 3 is 2.79 bits per heavy atom. The Morgan fingerprint density at radius 1 is 1.21 bits per heavy atom. The minimum Gasteiger partial charge on any atom is -0.476 e. The molecule has 134 valence electrons. The highest BCUT2D eigenvalue weighted by Crippen LogP contribution is 2.35. The SMILES string of the molecule is O=c1cc(OCCOC2CCCCO2)[nH]c(C2(F)CCOCC2)c1. The lowest BCUT2D eigenvalue weighted by Gasteiger charge is -2.29. The molecule has 1 aromatic heterocycles. The Bertz CT molecular complexity index is 579. The third-order valence-corrected chi connectivity index (χ3v) is 4.37. The molecule has 1 atom stereocenters. The molecule has 2 aliphatic heterocycles. The summed E-state index contributed by atoms with van der Waals surface area (Å²) in [5.74, 6) is 0.258. The molecule has 2 saturated heterocycles. The van der Waals surface area contributed by atoms with Crippen molar-refractivity contribution in [2.45, 2.75) is 44.1 Å². The highest BCUT2D eigenvalue weighted by Gasteiger charge is 2.35. The van der Waals surface area contributed by atoms with Crippen LogP contribution in [-0.4, -0.2) is 44.3 Å². The number of pyridine rings is 1. The highest BCUT2D eigenvalue weighted by atomic mass is 19.1. The molecule has 0 aliphatic carbocycles. The van der Waals surface area contributed by atoms with Crippen molar-refractivity contribution in [2.24, 2.45) is 0 Å². The van der Waals surface area contributed by atoms with Gasteiger partial charge in [-0.1, -0.05) is 0 Å². The molecule has 1 aromatic rings. The van der Waals surface area contributed by atoms with E-state index in [1.165, 1.54) is 12.1 Å². The van der Waals surface area contributed by atoms with Gasteiger partial charge in [-0.3, -0.25) is 4.79 Å². The maximum Gasteiger partial charge on any atom is 0.195 e. The Hall–Kier alpha value is -1.44. The second kappa shape index (κ2) is 8.09. The largest absolute Gasteiger partial charge is 0.476 e. The first kappa shape index (κ1) is 17.4. The smallest absolute Gasteiger partial charge is 0.195 e. The monoisotopic (exact) mass is 341 g/mol. The van der Waals surface area contributed by atoms with Crippen molar-refractivity contribution < 1.29 is 23.3 Å². The number of aromatic nitrogens is 1. The second-order valence-corrected chi connectivity index (χ2v) is 6.19. The van der Waals surface area contributed by atoms with E-state index in [4.69, 9.17) is 18.9 Å². The Morgan fingerprint density at radius 2 is 2.04 bits per heavy atom. The van der Waals surface area contributed by atoms with Gasteiger partial charge in [-0.05, 0) is 19.3 Å². The molecule has 3 rings (SSSR count). The minimum atomic E-state index is -1.57. The number of aromatic amines is 1. The van der Waals surface area contributed by atoms with Crippen LogP contribution in [0.4, 0.5) is 4.39 Å². The number of hydrogen-bond donors (Lipinski definition) is 1. The molecule has 7 heteroatoms. The van der Waals surface area contributed by atoms with Crippen molar-refractivity contribution in [1.82, 2.24) is 4.98 Å². The molecule has 0 radical (unpaired) electrons. The number of nitrogens with one attached hydrogen (secondary N) is 1. The third kappa shape index (κ3) is 4.55. The van der Waals surface area contributed by atoms with Crippen molar-refractivity contribution in [2.75, 3.05) is 33.0 Å². The normalized spacial score (nSPS) is 23.8. The van der Waals surface area contributed by atoms with E-state index in [1.54, 1.807) is 0 Å². The summed E-state index contributed by atoms with van der Waals surface area (Å²) in [5, 5.41) is 0. The third-order valence-electron chi connectivity index (χ3n) is 4.37. The molecule has 6 nitrogen and oxygen atoms in total. The summed E-state index contributed by atoms with van der Waals surface area (Å²) < 4.78 is 36.7. The Balaban J connectivity index is 1.54. The summed E-state index contributed by atoms with van der Waals surface area (Å²) in [5.41, 5.74) is -1.59. The van der Waals surface area contributed by atoms with Gasteiger partial charge < -0.3 is 23.9 Å². The van der Waals surface area contributed by atoms with E-state index in [1.807, 2.05) is 0 Å². The van der Waals surface area contributed by atoms with E-state index < -0.39 is 5.67 Å². The van der Waals surface area contributed by atoms with E-state index in [0.717, 1.165) is 25.9 Å². The van der Waals surface area contributed by atoms with E-state index in [2.05, 4.69) is 4.98 Å². The van der Waals surface area contributed by atoms with Crippen molar-refractivity contribution in [3.8, 4) is 5.88 Å². The van der Waals surface area contributed by atoms with Gasteiger partial charge in [0.2, 0.25) is 0 Å². The summed E-state index contributed by atoms with van der Waals surface area (Å²) in [4.78, 5) is 14.7. The van der Waals surface area contributed by atoms with Crippen molar-refractivity contribution >= 4 is 0 Å². The van der Waals surface area contributed by atoms with Crippen LogP contribution in [0.3, 0.4) is 0 Å². The van der Waals surface area contributed by atoms with Gasteiger partial charge in [-0.2, -0.15) is 0 Å². The first-order chi connectivity index (χ1) is 11.7. The van der Waals surface area contributed by atoms with Gasteiger partial charge in [0, 0.05) is 31.6 Å². The van der Waals surface area contributed by atoms with Crippen LogP contribution in [0.5, 0.6) is 5.88 Å². The van der Waals surface area contributed by atoms with Crippen LogP contribution in [0, 0.1) is 0 Å². The number of alkyl halides is 1. The lowest BCUT2D eigenvalue weighted by atomic mass is 9.92. The first-order valence-corrected chi connectivity index (χ1v) is 8.53. The van der Waals surface area contributed by atoms with E-state index in [9.17, 15) is 9.18 Å². The molecule has 2 fully saturated rings. The number of halogens is 1. The summed E-state index contributed by atoms with van der Waals surface area (Å²) in [6.07, 6.45) is 3.34. The average molecular weight is 341 g/mol. The maximum absolute atomic E-state index is 14.9. The summed E-state index contributed by atoms with van der Waals surface area (Å²) in [6.45, 7) is 2.04. The van der Waals surface area contributed by atoms with Gasteiger partial charge in [0.15, 0.2) is 23.3 Å². The van der Waals surface area contributed by atoms with E-state index in [-0.39, 0.29) is 42.7 Å². The molecule has 0 aromatic carbocycles. The Labute approximate surface area is 140 Å². The quantitative estimate of drug-likeness (QED) is 0.804. The van der Waals surface area contributed by atoms with Crippen LogP contribution in [0.2, 0.25) is 0 Å².